The van der Waals surface area contributed by atoms with Crippen molar-refractivity contribution in [1.29, 1.82) is 0 Å². The van der Waals surface area contributed by atoms with Gasteiger partial charge in [0.25, 0.3) is 0 Å². The minimum atomic E-state index is -4.19. The molecule has 0 radical (unpaired) electrons. The van der Waals surface area contributed by atoms with Crippen LogP contribution < -0.4 is 0 Å². The van der Waals surface area contributed by atoms with Crippen LogP contribution in [0.1, 0.15) is 79.6 Å². The Labute approximate surface area is 219 Å². The number of unbranched alkanes of at least 4 members (excludes halogenated alkanes) is 5. The first kappa shape index (κ1) is 32.6. The van der Waals surface area contributed by atoms with E-state index in [9.17, 15) is 27.6 Å². The van der Waals surface area contributed by atoms with Crippen LogP contribution in [-0.4, -0.2) is 74.5 Å². The largest absolute Gasteiger partial charge is 0.463 e. The molecule has 1 rings (SSSR count). The molecule has 1 heterocycles. The lowest BCUT2D eigenvalue weighted by molar-refractivity contribution is -0.238. The van der Waals surface area contributed by atoms with Crippen LogP contribution in [0.15, 0.2) is 12.2 Å². The van der Waals surface area contributed by atoms with Crippen molar-refractivity contribution in [3.05, 3.63) is 12.2 Å². The highest BCUT2D eigenvalue weighted by atomic mass is 32.2. The molecule has 12 heteroatoms. The summed E-state index contributed by atoms with van der Waals surface area (Å²) in [4.78, 5) is 47.0. The quantitative estimate of drug-likeness (QED) is 0.129. The number of carbonyl (C=O) groups is 4. The minimum absolute atomic E-state index is 0.448. The molecule has 1 aliphatic heterocycles. The second-order valence-electron chi connectivity index (χ2n) is 9.14. The van der Waals surface area contributed by atoms with Gasteiger partial charge in [-0.05, 0) is 12.8 Å². The molecular formula is C25H40O11S. The molecule has 37 heavy (non-hydrogen) atoms. The normalized spacial score (nSPS) is 23.5. The fourth-order valence-electron chi connectivity index (χ4n) is 4.07. The molecule has 0 aliphatic carbocycles. The van der Waals surface area contributed by atoms with E-state index in [-0.39, 0.29) is 0 Å². The van der Waals surface area contributed by atoms with Gasteiger partial charge in [0.2, 0.25) is 0 Å². The van der Waals surface area contributed by atoms with Crippen LogP contribution in [0.2, 0.25) is 0 Å². The number of ether oxygens (including phenoxy) is 5. The molecule has 1 fully saturated rings. The zero-order valence-corrected chi connectivity index (χ0v) is 23.2. The van der Waals surface area contributed by atoms with Gasteiger partial charge in [0, 0.05) is 27.7 Å². The van der Waals surface area contributed by atoms with Gasteiger partial charge < -0.3 is 23.7 Å². The summed E-state index contributed by atoms with van der Waals surface area (Å²) in [6.07, 6.45) is 0.722. The first-order chi connectivity index (χ1) is 17.3. The van der Waals surface area contributed by atoms with Crippen molar-refractivity contribution in [2.45, 2.75) is 109 Å². The molecular weight excluding hydrogens is 508 g/mol. The molecule has 11 nitrogen and oxygen atoms in total. The second kappa shape index (κ2) is 15.7. The van der Waals surface area contributed by atoms with Crippen LogP contribution in [-0.2, 0) is 52.7 Å². The third-order valence-electron chi connectivity index (χ3n) is 5.59. The first-order valence-corrected chi connectivity index (χ1v) is 14.2. The Bertz CT molecular complexity index is 912. The lowest BCUT2D eigenvalue weighted by atomic mass is 9.99. The predicted octanol–water partition coefficient (Wildman–Crippen LogP) is 2.79. The standard InChI is InChI=1S/C25H40O11S/c1-7-8-9-10-11-12-13-16(2)15-37(30,31)25-24(35-20(6)29)23(34-19(5)28)22(33-18(4)27)21(36-25)14-32-17(3)26/h21-25H,2,7-15H2,1,3-6H3/t21-,22-,23+,24-,25?/m1/s1. The third kappa shape index (κ3) is 11.6. The van der Waals surface area contributed by atoms with Gasteiger partial charge in [-0.25, -0.2) is 8.42 Å². The van der Waals surface area contributed by atoms with Crippen molar-refractivity contribution in [3.8, 4) is 0 Å². The highest BCUT2D eigenvalue weighted by Crippen LogP contribution is 2.33. The highest BCUT2D eigenvalue weighted by Gasteiger charge is 2.56. The smallest absolute Gasteiger partial charge is 0.303 e. The molecule has 0 aromatic heterocycles. The Balaban J connectivity index is 3.24. The Morgan fingerprint density at radius 2 is 1.27 bits per heavy atom. The molecule has 0 N–H and O–H groups in total. The SMILES string of the molecule is C=C(CCCCCCCC)CS(=O)(=O)C1O[C@H](COC(C)=O)[C@@H](OC(C)=O)[C@H](OC(C)=O)[C@H]1OC(C)=O. The zero-order chi connectivity index (χ0) is 28.2. The molecule has 1 saturated heterocycles. The average molecular weight is 549 g/mol. The second-order valence-corrected chi connectivity index (χ2v) is 11.2. The summed E-state index contributed by atoms with van der Waals surface area (Å²) in [5.74, 6) is -3.65. The maximum absolute atomic E-state index is 13.5. The van der Waals surface area contributed by atoms with E-state index < -0.39 is 75.9 Å². The highest BCUT2D eigenvalue weighted by molar-refractivity contribution is 7.92. The van der Waals surface area contributed by atoms with Gasteiger partial charge in [0.15, 0.2) is 33.6 Å². The summed E-state index contributed by atoms with van der Waals surface area (Å²) in [6, 6.07) is 0. The zero-order valence-electron chi connectivity index (χ0n) is 22.4. The van der Waals surface area contributed by atoms with Crippen LogP contribution in [0.25, 0.3) is 0 Å². The van der Waals surface area contributed by atoms with E-state index in [1.807, 2.05) is 0 Å². The van der Waals surface area contributed by atoms with Crippen molar-refractivity contribution >= 4 is 33.7 Å². The monoisotopic (exact) mass is 548 g/mol. The molecule has 1 unspecified atom stereocenters. The van der Waals surface area contributed by atoms with E-state index in [2.05, 4.69) is 13.5 Å². The van der Waals surface area contributed by atoms with E-state index in [1.165, 1.54) is 0 Å². The Morgan fingerprint density at radius 3 is 1.81 bits per heavy atom. The Hall–Kier alpha value is -2.47. The van der Waals surface area contributed by atoms with Gasteiger partial charge in [0.05, 0.1) is 5.75 Å². The summed E-state index contributed by atoms with van der Waals surface area (Å²) >= 11 is 0. The van der Waals surface area contributed by atoms with E-state index in [1.54, 1.807) is 0 Å². The third-order valence-corrected chi connectivity index (χ3v) is 7.49. The summed E-state index contributed by atoms with van der Waals surface area (Å²) < 4.78 is 53.5. The topological polar surface area (TPSA) is 149 Å². The van der Waals surface area contributed by atoms with Crippen molar-refractivity contribution in [2.24, 2.45) is 0 Å². The molecule has 1 aliphatic rings. The van der Waals surface area contributed by atoms with Crippen LogP contribution in [0, 0.1) is 0 Å². The van der Waals surface area contributed by atoms with Crippen LogP contribution in [0.4, 0.5) is 0 Å². The van der Waals surface area contributed by atoms with Crippen molar-refractivity contribution in [1.82, 2.24) is 0 Å². The van der Waals surface area contributed by atoms with Crippen LogP contribution in [0.3, 0.4) is 0 Å². The van der Waals surface area contributed by atoms with E-state index in [4.69, 9.17) is 23.7 Å². The number of hydrogen-bond acceptors (Lipinski definition) is 11. The van der Waals surface area contributed by atoms with Gasteiger partial charge >= 0.3 is 23.9 Å². The number of sulfone groups is 1. The average Bonchev–Trinajstić information content (AvgIpc) is 2.76. The van der Waals surface area contributed by atoms with Gasteiger partial charge in [-0.1, -0.05) is 51.2 Å². The summed E-state index contributed by atoms with van der Waals surface area (Å²) in [7, 11) is -4.19. The molecule has 0 aromatic carbocycles. The van der Waals surface area contributed by atoms with Gasteiger partial charge in [-0.15, -0.1) is 0 Å². The number of rotatable bonds is 15. The molecule has 0 bridgehead atoms. The summed E-state index contributed by atoms with van der Waals surface area (Å²) in [5.41, 5.74) is -1.35. The molecule has 5 atom stereocenters. The maximum atomic E-state index is 13.5. The lowest BCUT2D eigenvalue weighted by Crippen LogP contribution is -2.64. The van der Waals surface area contributed by atoms with Crippen molar-refractivity contribution in [3.63, 3.8) is 0 Å². The minimum Gasteiger partial charge on any atom is -0.463 e. The van der Waals surface area contributed by atoms with Crippen molar-refractivity contribution in [2.75, 3.05) is 12.4 Å². The maximum Gasteiger partial charge on any atom is 0.303 e. The Kier molecular flexibility index (Phi) is 13.8. The number of esters is 4. The first-order valence-electron chi connectivity index (χ1n) is 12.5. The van der Waals surface area contributed by atoms with Gasteiger partial charge in [-0.2, -0.15) is 0 Å². The fraction of sp³-hybridized carbons (Fsp3) is 0.760. The van der Waals surface area contributed by atoms with Crippen LogP contribution in [0.5, 0.6) is 0 Å². The molecule has 0 amide bonds. The lowest BCUT2D eigenvalue weighted by Gasteiger charge is -2.44. The fourth-order valence-corrected chi connectivity index (χ4v) is 5.88. The molecule has 0 spiro atoms. The predicted molar refractivity (Wildman–Crippen MR) is 133 cm³/mol. The number of hydrogen-bond donors (Lipinski definition) is 0. The van der Waals surface area contributed by atoms with E-state index in [0.29, 0.717) is 12.0 Å². The molecule has 212 valence electrons. The summed E-state index contributed by atoms with van der Waals surface area (Å²) in [5, 5.41) is 0. The van der Waals surface area contributed by atoms with Crippen molar-refractivity contribution < 1.29 is 51.3 Å². The van der Waals surface area contributed by atoms with Crippen LogP contribution >= 0.6 is 0 Å². The molecule has 0 aromatic rings. The number of carbonyl (C=O) groups excluding carboxylic acids is 4. The van der Waals surface area contributed by atoms with E-state index >= 15 is 0 Å². The molecule has 0 saturated carbocycles. The Morgan fingerprint density at radius 1 is 0.757 bits per heavy atom. The van der Waals surface area contributed by atoms with E-state index in [0.717, 1.165) is 66.2 Å². The summed E-state index contributed by atoms with van der Waals surface area (Å²) in [6.45, 7) is 9.86. The van der Waals surface area contributed by atoms with Gasteiger partial charge in [-0.3, -0.25) is 19.2 Å². The van der Waals surface area contributed by atoms with Gasteiger partial charge in [0.1, 0.15) is 12.7 Å².